The van der Waals surface area contributed by atoms with Gasteiger partial charge in [0.25, 0.3) is 5.91 Å². The number of piperidine rings is 1. The maximum Gasteiger partial charge on any atom is 0.416 e. The molecule has 0 aromatic heterocycles. The Morgan fingerprint density at radius 3 is 2.47 bits per heavy atom. The number of nitrogens with zero attached hydrogens (tertiary/aromatic N) is 2. The molecule has 2 fully saturated rings. The van der Waals surface area contributed by atoms with Crippen LogP contribution in [0.1, 0.15) is 40.7 Å². The number of nitrogens with one attached hydrogen (secondary N) is 2. The van der Waals surface area contributed by atoms with Crippen molar-refractivity contribution in [2.75, 3.05) is 37.6 Å². The van der Waals surface area contributed by atoms with E-state index in [9.17, 15) is 27.2 Å². The summed E-state index contributed by atoms with van der Waals surface area (Å²) in [5.41, 5.74) is 0.743. The van der Waals surface area contributed by atoms with Crippen LogP contribution >= 0.6 is 0 Å². The monoisotopic (exact) mass is 506 g/mol. The largest absolute Gasteiger partial charge is 0.416 e. The molecular formula is C26H30F4N4O2. The van der Waals surface area contributed by atoms with Crippen molar-refractivity contribution in [1.82, 2.24) is 15.5 Å². The van der Waals surface area contributed by atoms with Crippen molar-refractivity contribution in [2.24, 2.45) is 0 Å². The van der Waals surface area contributed by atoms with Crippen LogP contribution in [-0.2, 0) is 11.0 Å². The molecule has 2 aliphatic rings. The summed E-state index contributed by atoms with van der Waals surface area (Å²) in [5.74, 6) is -2.55. The summed E-state index contributed by atoms with van der Waals surface area (Å²) in [6, 6.07) is 10.5. The zero-order chi connectivity index (χ0) is 25.9. The van der Waals surface area contributed by atoms with Crippen LogP contribution < -0.4 is 15.5 Å². The highest BCUT2D eigenvalue weighted by Crippen LogP contribution is 2.30. The van der Waals surface area contributed by atoms with E-state index < -0.39 is 41.5 Å². The number of halogens is 4. The Hall–Kier alpha value is -3.14. The molecule has 2 saturated heterocycles. The standard InChI is InChI=1S/C26H30F4N4O2/c1-17-3-2-4-23(11-17)33-9-6-22(7-10-33)34-8-5-21(16-34)32-24(35)15-31-25(36)18-12-19(26(28,29)30)14-20(27)13-18/h2-4,11-14,21-22H,5-10,15-16H2,1H3,(H,31,36)(H,32,35)/t21-/m1/s1. The topological polar surface area (TPSA) is 64.7 Å². The van der Waals surface area contributed by atoms with Crippen LogP contribution in [-0.4, -0.2) is 61.5 Å². The van der Waals surface area contributed by atoms with E-state index in [0.29, 0.717) is 30.8 Å². The summed E-state index contributed by atoms with van der Waals surface area (Å²) >= 11 is 0. The molecule has 2 aromatic carbocycles. The quantitative estimate of drug-likeness (QED) is 0.586. The molecular weight excluding hydrogens is 476 g/mol. The number of carbonyl (C=O) groups excluding carboxylic acids is 2. The number of rotatable bonds is 6. The second-order valence-electron chi connectivity index (χ2n) is 9.51. The van der Waals surface area contributed by atoms with Crippen molar-refractivity contribution in [3.05, 3.63) is 65.0 Å². The first-order valence-electron chi connectivity index (χ1n) is 12.1. The predicted molar refractivity (Wildman–Crippen MR) is 128 cm³/mol. The lowest BCUT2D eigenvalue weighted by atomic mass is 10.0. The fourth-order valence-electron chi connectivity index (χ4n) is 4.98. The van der Waals surface area contributed by atoms with Crippen LogP contribution in [0.5, 0.6) is 0 Å². The molecule has 10 heteroatoms. The predicted octanol–water partition coefficient (Wildman–Crippen LogP) is 3.74. The summed E-state index contributed by atoms with van der Waals surface area (Å²) in [7, 11) is 0. The van der Waals surface area contributed by atoms with Gasteiger partial charge in [-0.25, -0.2) is 4.39 Å². The Bertz CT molecular complexity index is 1100. The molecule has 2 aromatic rings. The third-order valence-electron chi connectivity index (χ3n) is 6.83. The summed E-state index contributed by atoms with van der Waals surface area (Å²) in [4.78, 5) is 29.3. The van der Waals surface area contributed by atoms with Crippen molar-refractivity contribution in [3.63, 3.8) is 0 Å². The molecule has 0 unspecified atom stereocenters. The fraction of sp³-hybridized carbons (Fsp3) is 0.462. The van der Waals surface area contributed by atoms with Crippen LogP contribution in [0.2, 0.25) is 0 Å². The number of anilines is 1. The molecule has 0 bridgehead atoms. The summed E-state index contributed by atoms with van der Waals surface area (Å²) in [6.45, 7) is 5.23. The van der Waals surface area contributed by atoms with Crippen molar-refractivity contribution in [1.29, 1.82) is 0 Å². The first-order valence-corrected chi connectivity index (χ1v) is 12.1. The Morgan fingerprint density at radius 1 is 1.03 bits per heavy atom. The van der Waals surface area contributed by atoms with Gasteiger partial charge in [0.15, 0.2) is 0 Å². The maximum absolute atomic E-state index is 13.5. The van der Waals surface area contributed by atoms with Crippen LogP contribution in [0.25, 0.3) is 0 Å². The van der Waals surface area contributed by atoms with Gasteiger partial charge in [-0.3, -0.25) is 14.5 Å². The number of benzene rings is 2. The molecule has 36 heavy (non-hydrogen) atoms. The van der Waals surface area contributed by atoms with E-state index in [0.717, 1.165) is 38.9 Å². The molecule has 0 aliphatic carbocycles. The highest BCUT2D eigenvalue weighted by atomic mass is 19.4. The molecule has 0 radical (unpaired) electrons. The van der Waals surface area contributed by atoms with E-state index in [2.05, 4.69) is 51.6 Å². The van der Waals surface area contributed by atoms with Gasteiger partial charge in [-0.05, 0) is 62.1 Å². The van der Waals surface area contributed by atoms with Crippen LogP contribution in [0.3, 0.4) is 0 Å². The number of amides is 2. The summed E-state index contributed by atoms with van der Waals surface area (Å²) < 4.78 is 52.1. The third-order valence-corrected chi connectivity index (χ3v) is 6.83. The van der Waals surface area contributed by atoms with Crippen LogP contribution in [0.4, 0.5) is 23.2 Å². The van der Waals surface area contributed by atoms with Crippen molar-refractivity contribution in [3.8, 4) is 0 Å². The number of aryl methyl sites for hydroxylation is 1. The van der Waals surface area contributed by atoms with E-state index in [4.69, 9.17) is 0 Å². The fourth-order valence-corrected chi connectivity index (χ4v) is 4.98. The molecule has 2 amide bonds. The van der Waals surface area contributed by atoms with Gasteiger partial charge in [0, 0.05) is 49.5 Å². The minimum Gasteiger partial charge on any atom is -0.371 e. The average Bonchev–Trinajstić information content (AvgIpc) is 3.30. The molecule has 2 N–H and O–H groups in total. The highest BCUT2D eigenvalue weighted by Gasteiger charge is 2.33. The highest BCUT2D eigenvalue weighted by molar-refractivity contribution is 5.96. The van der Waals surface area contributed by atoms with E-state index in [1.165, 1.54) is 11.3 Å². The molecule has 0 spiro atoms. The van der Waals surface area contributed by atoms with E-state index >= 15 is 0 Å². The van der Waals surface area contributed by atoms with Crippen molar-refractivity contribution in [2.45, 2.75) is 44.4 Å². The van der Waals surface area contributed by atoms with Gasteiger partial charge in [-0.2, -0.15) is 13.2 Å². The second-order valence-corrected chi connectivity index (χ2v) is 9.51. The van der Waals surface area contributed by atoms with Gasteiger partial charge in [-0.15, -0.1) is 0 Å². The zero-order valence-electron chi connectivity index (χ0n) is 20.1. The number of likely N-dealkylation sites (tertiary alicyclic amines) is 1. The zero-order valence-corrected chi connectivity index (χ0v) is 20.1. The van der Waals surface area contributed by atoms with Gasteiger partial charge in [0.05, 0.1) is 12.1 Å². The molecule has 194 valence electrons. The molecule has 2 aliphatic heterocycles. The van der Waals surface area contributed by atoms with Gasteiger partial charge in [0.1, 0.15) is 5.82 Å². The number of alkyl halides is 3. The molecule has 2 heterocycles. The summed E-state index contributed by atoms with van der Waals surface area (Å²) in [6.07, 6.45) is -1.91. The smallest absolute Gasteiger partial charge is 0.371 e. The molecule has 4 rings (SSSR count). The van der Waals surface area contributed by atoms with E-state index in [-0.39, 0.29) is 6.04 Å². The molecule has 6 nitrogen and oxygen atoms in total. The van der Waals surface area contributed by atoms with Gasteiger partial charge < -0.3 is 15.5 Å². The third kappa shape index (κ3) is 6.54. The van der Waals surface area contributed by atoms with E-state index in [1.807, 2.05) is 0 Å². The minimum absolute atomic E-state index is 0.0600. The number of hydrogen-bond acceptors (Lipinski definition) is 4. The van der Waals surface area contributed by atoms with Crippen molar-refractivity contribution < 1.29 is 27.2 Å². The number of carbonyl (C=O) groups is 2. The molecule has 1 atom stereocenters. The Balaban J connectivity index is 1.21. The minimum atomic E-state index is -4.78. The maximum atomic E-state index is 13.5. The Morgan fingerprint density at radius 2 is 1.78 bits per heavy atom. The Kier molecular flexibility index (Phi) is 7.82. The van der Waals surface area contributed by atoms with Gasteiger partial charge in [-0.1, -0.05) is 12.1 Å². The average molecular weight is 507 g/mol. The van der Waals surface area contributed by atoms with Crippen LogP contribution in [0, 0.1) is 12.7 Å². The first-order chi connectivity index (χ1) is 17.1. The second kappa shape index (κ2) is 10.9. The van der Waals surface area contributed by atoms with Crippen LogP contribution in [0.15, 0.2) is 42.5 Å². The number of hydrogen-bond donors (Lipinski definition) is 2. The van der Waals surface area contributed by atoms with Crippen molar-refractivity contribution >= 4 is 17.5 Å². The Labute approximate surface area is 207 Å². The summed E-state index contributed by atoms with van der Waals surface area (Å²) in [5, 5.41) is 5.16. The normalized spacial score (nSPS) is 19.4. The SMILES string of the molecule is Cc1cccc(N2CCC(N3CC[C@@H](NC(=O)CNC(=O)c4cc(F)cc(C(F)(F)F)c4)C3)CC2)c1. The molecule has 0 saturated carbocycles. The van der Waals surface area contributed by atoms with E-state index in [1.54, 1.807) is 0 Å². The first kappa shape index (κ1) is 25.9. The van der Waals surface area contributed by atoms with Gasteiger partial charge >= 0.3 is 6.18 Å². The lowest BCUT2D eigenvalue weighted by Crippen LogP contribution is -2.46. The lowest BCUT2D eigenvalue weighted by molar-refractivity contribution is -0.137. The lowest BCUT2D eigenvalue weighted by Gasteiger charge is -2.38. The van der Waals surface area contributed by atoms with Gasteiger partial charge in [0.2, 0.25) is 5.91 Å².